The van der Waals surface area contributed by atoms with Gasteiger partial charge in [0.2, 0.25) is 0 Å². The smallest absolute Gasteiger partial charge is 0.258 e. The van der Waals surface area contributed by atoms with Crippen LogP contribution in [0, 0.1) is 15.9 Å². The first kappa shape index (κ1) is 12.7. The Morgan fingerprint density at radius 3 is 2.56 bits per heavy atom. The highest BCUT2D eigenvalue weighted by Crippen LogP contribution is 2.31. The van der Waals surface area contributed by atoms with Crippen molar-refractivity contribution >= 4 is 28.9 Å². The summed E-state index contributed by atoms with van der Waals surface area (Å²) in [6.07, 6.45) is 0. The molecule has 7 heteroatoms. The van der Waals surface area contributed by atoms with E-state index >= 15 is 0 Å². The highest BCUT2D eigenvalue weighted by Gasteiger charge is 2.18. The van der Waals surface area contributed by atoms with Gasteiger partial charge in [-0.1, -0.05) is 23.2 Å². The molecule has 4 nitrogen and oxygen atoms in total. The molecule has 0 aliphatic carbocycles. The molecule has 0 bridgehead atoms. The predicted octanol–water partition coefficient (Wildman–Crippen LogP) is 4.10. The Bertz CT molecular complexity index is 634. The molecule has 0 amide bonds. The Kier molecular flexibility index (Phi) is 3.45. The van der Waals surface area contributed by atoms with Crippen molar-refractivity contribution in [3.8, 4) is 11.3 Å². The maximum Gasteiger partial charge on any atom is 0.295 e. The maximum atomic E-state index is 13.0. The van der Waals surface area contributed by atoms with Crippen LogP contribution in [-0.2, 0) is 0 Å². The number of hydrogen-bond acceptors (Lipinski definition) is 3. The quantitative estimate of drug-likeness (QED) is 0.474. The molecular weight excluding hydrogens is 282 g/mol. The molecule has 0 saturated carbocycles. The second-order valence-corrected chi connectivity index (χ2v) is 4.18. The zero-order chi connectivity index (χ0) is 13.3. The zero-order valence-electron chi connectivity index (χ0n) is 8.73. The summed E-state index contributed by atoms with van der Waals surface area (Å²) in [7, 11) is 0. The minimum absolute atomic E-state index is 0.0504. The lowest BCUT2D eigenvalue weighted by molar-refractivity contribution is -0.384. The highest BCUT2D eigenvalue weighted by molar-refractivity contribution is 6.31. The summed E-state index contributed by atoms with van der Waals surface area (Å²) in [6.45, 7) is 0. The molecule has 1 aromatic carbocycles. The van der Waals surface area contributed by atoms with Gasteiger partial charge in [0.15, 0.2) is 0 Å². The maximum absolute atomic E-state index is 13.0. The van der Waals surface area contributed by atoms with Crippen molar-refractivity contribution in [3.05, 3.63) is 56.4 Å². The molecule has 0 aliphatic rings. The van der Waals surface area contributed by atoms with E-state index in [1.165, 1.54) is 24.3 Å². The van der Waals surface area contributed by atoms with Crippen LogP contribution in [-0.4, -0.2) is 9.91 Å². The van der Waals surface area contributed by atoms with E-state index in [-0.39, 0.29) is 21.6 Å². The van der Waals surface area contributed by atoms with E-state index in [9.17, 15) is 14.5 Å². The third kappa shape index (κ3) is 2.42. The standard InChI is InChI=1S/C11H5Cl2FN2O2/c12-7-5-6(1-2-8(7)14)11-9(16(17)18)3-4-10(13)15-11/h1-5H. The van der Waals surface area contributed by atoms with Gasteiger partial charge in [0, 0.05) is 11.6 Å². The number of benzene rings is 1. The number of hydrogen-bond donors (Lipinski definition) is 0. The first-order chi connectivity index (χ1) is 8.49. The lowest BCUT2D eigenvalue weighted by Gasteiger charge is -2.04. The average Bonchev–Trinajstić information content (AvgIpc) is 2.32. The van der Waals surface area contributed by atoms with Crippen molar-refractivity contribution in [2.75, 3.05) is 0 Å². The van der Waals surface area contributed by atoms with Gasteiger partial charge in [0.1, 0.15) is 16.7 Å². The van der Waals surface area contributed by atoms with Crippen molar-refractivity contribution < 1.29 is 9.31 Å². The summed E-state index contributed by atoms with van der Waals surface area (Å²) in [6, 6.07) is 6.29. The molecule has 0 radical (unpaired) electrons. The molecule has 92 valence electrons. The SMILES string of the molecule is O=[N+]([O-])c1ccc(Cl)nc1-c1ccc(F)c(Cl)c1. The molecule has 0 saturated heterocycles. The van der Waals surface area contributed by atoms with Crippen molar-refractivity contribution in [1.29, 1.82) is 0 Å². The molecule has 0 fully saturated rings. The van der Waals surface area contributed by atoms with Gasteiger partial charge in [-0.05, 0) is 24.3 Å². The van der Waals surface area contributed by atoms with Crippen LogP contribution in [0.5, 0.6) is 0 Å². The Morgan fingerprint density at radius 1 is 1.22 bits per heavy atom. The van der Waals surface area contributed by atoms with E-state index < -0.39 is 10.7 Å². The van der Waals surface area contributed by atoms with Crippen LogP contribution in [0.4, 0.5) is 10.1 Å². The monoisotopic (exact) mass is 286 g/mol. The van der Waals surface area contributed by atoms with Gasteiger partial charge in [-0.25, -0.2) is 9.37 Å². The van der Waals surface area contributed by atoms with Crippen LogP contribution in [0.25, 0.3) is 11.3 Å². The van der Waals surface area contributed by atoms with Crippen LogP contribution in [0.2, 0.25) is 10.2 Å². The average molecular weight is 287 g/mol. The molecule has 0 unspecified atom stereocenters. The Morgan fingerprint density at radius 2 is 1.94 bits per heavy atom. The minimum atomic E-state index is -0.606. The number of pyridine rings is 1. The Labute approximate surface area is 111 Å². The summed E-state index contributed by atoms with van der Waals surface area (Å²) >= 11 is 11.3. The minimum Gasteiger partial charge on any atom is -0.258 e. The van der Waals surface area contributed by atoms with Crippen LogP contribution < -0.4 is 0 Å². The first-order valence-corrected chi connectivity index (χ1v) is 5.51. The third-order valence-corrected chi connectivity index (χ3v) is 2.73. The number of aromatic nitrogens is 1. The van der Waals surface area contributed by atoms with Gasteiger partial charge in [0.25, 0.3) is 5.69 Å². The summed E-state index contributed by atoms with van der Waals surface area (Å²) in [5.41, 5.74) is 0.159. The van der Waals surface area contributed by atoms with Crippen molar-refractivity contribution in [2.45, 2.75) is 0 Å². The Hall–Kier alpha value is -1.72. The summed E-state index contributed by atoms with van der Waals surface area (Å²) in [5, 5.41) is 10.8. The molecule has 0 atom stereocenters. The second-order valence-electron chi connectivity index (χ2n) is 3.39. The lowest BCUT2D eigenvalue weighted by Crippen LogP contribution is -1.95. The van der Waals surface area contributed by atoms with E-state index in [2.05, 4.69) is 4.98 Å². The van der Waals surface area contributed by atoms with Crippen LogP contribution in [0.1, 0.15) is 0 Å². The van der Waals surface area contributed by atoms with Gasteiger partial charge in [-0.3, -0.25) is 10.1 Å². The van der Waals surface area contributed by atoms with Gasteiger partial charge in [0.05, 0.1) is 9.95 Å². The van der Waals surface area contributed by atoms with Crippen LogP contribution in [0.15, 0.2) is 30.3 Å². The molecule has 0 aliphatic heterocycles. The zero-order valence-corrected chi connectivity index (χ0v) is 10.2. The largest absolute Gasteiger partial charge is 0.295 e. The number of rotatable bonds is 2. The van der Waals surface area contributed by atoms with Gasteiger partial charge >= 0.3 is 0 Å². The normalized spacial score (nSPS) is 10.4. The van der Waals surface area contributed by atoms with E-state index in [1.807, 2.05) is 0 Å². The van der Waals surface area contributed by atoms with Gasteiger partial charge < -0.3 is 0 Å². The second kappa shape index (κ2) is 4.88. The molecular formula is C11H5Cl2FN2O2. The van der Waals surface area contributed by atoms with Crippen molar-refractivity contribution in [3.63, 3.8) is 0 Å². The predicted molar refractivity (Wildman–Crippen MR) is 66.3 cm³/mol. The van der Waals surface area contributed by atoms with E-state index in [4.69, 9.17) is 23.2 Å². The fraction of sp³-hybridized carbons (Fsp3) is 0. The number of nitro groups is 1. The van der Waals surface area contributed by atoms with Crippen molar-refractivity contribution in [2.24, 2.45) is 0 Å². The number of nitrogens with zero attached hydrogens (tertiary/aromatic N) is 2. The van der Waals surface area contributed by atoms with Gasteiger partial charge in [-0.2, -0.15) is 0 Å². The molecule has 2 rings (SSSR count). The fourth-order valence-corrected chi connectivity index (χ4v) is 1.76. The lowest BCUT2D eigenvalue weighted by atomic mass is 10.1. The summed E-state index contributed by atoms with van der Waals surface area (Å²) < 4.78 is 13.0. The summed E-state index contributed by atoms with van der Waals surface area (Å²) in [4.78, 5) is 14.2. The van der Waals surface area contributed by atoms with Gasteiger partial charge in [-0.15, -0.1) is 0 Å². The number of halogens is 3. The first-order valence-electron chi connectivity index (χ1n) is 4.75. The van der Waals surface area contributed by atoms with Crippen LogP contribution in [0.3, 0.4) is 0 Å². The fourth-order valence-electron chi connectivity index (χ4n) is 1.43. The van der Waals surface area contributed by atoms with E-state index in [0.29, 0.717) is 5.56 Å². The van der Waals surface area contributed by atoms with E-state index in [1.54, 1.807) is 0 Å². The molecule has 0 spiro atoms. The van der Waals surface area contributed by atoms with E-state index in [0.717, 1.165) is 6.07 Å². The molecule has 0 N–H and O–H groups in total. The topological polar surface area (TPSA) is 56.0 Å². The third-order valence-electron chi connectivity index (χ3n) is 2.23. The van der Waals surface area contributed by atoms with Crippen LogP contribution >= 0.6 is 23.2 Å². The molecule has 1 aromatic heterocycles. The summed E-state index contributed by atoms with van der Waals surface area (Å²) in [5.74, 6) is -0.606. The Balaban J connectivity index is 2.65. The molecule has 2 aromatic rings. The molecule has 1 heterocycles. The highest BCUT2D eigenvalue weighted by atomic mass is 35.5. The van der Waals surface area contributed by atoms with Crippen molar-refractivity contribution in [1.82, 2.24) is 4.98 Å². The molecule has 18 heavy (non-hydrogen) atoms.